The molecule has 0 saturated heterocycles. The number of rotatable bonds is 9. The number of para-hydroxylation sites is 1. The number of benzene rings is 2. The van der Waals surface area contributed by atoms with Crippen LogP contribution >= 0.6 is 0 Å². The predicted octanol–water partition coefficient (Wildman–Crippen LogP) is 4.33. The van der Waals surface area contributed by atoms with E-state index in [0.29, 0.717) is 31.0 Å². The lowest BCUT2D eigenvalue weighted by atomic mass is 9.97. The van der Waals surface area contributed by atoms with E-state index in [4.69, 9.17) is 4.74 Å². The smallest absolute Gasteiger partial charge is 0.311 e. The first-order valence-corrected chi connectivity index (χ1v) is 8.87. The van der Waals surface area contributed by atoms with Gasteiger partial charge < -0.3 is 15.2 Å². The summed E-state index contributed by atoms with van der Waals surface area (Å²) in [5, 5.41) is 12.8. The normalized spacial score (nSPS) is 11.6. The van der Waals surface area contributed by atoms with Gasteiger partial charge in [-0.2, -0.15) is 0 Å². The maximum Gasteiger partial charge on any atom is 0.311 e. The zero-order valence-corrected chi connectivity index (χ0v) is 14.9. The zero-order valence-electron chi connectivity index (χ0n) is 14.9. The Morgan fingerprint density at radius 1 is 1.00 bits per heavy atom. The molecule has 27 heavy (non-hydrogen) atoms. The minimum Gasteiger partial charge on any atom is -0.481 e. The van der Waals surface area contributed by atoms with Crippen molar-refractivity contribution in [1.82, 2.24) is 4.98 Å². The van der Waals surface area contributed by atoms with Crippen molar-refractivity contribution in [2.75, 3.05) is 11.9 Å². The monoisotopic (exact) mass is 362 g/mol. The van der Waals surface area contributed by atoms with E-state index in [2.05, 4.69) is 10.3 Å². The summed E-state index contributed by atoms with van der Waals surface area (Å²) >= 11 is 0. The highest BCUT2D eigenvalue weighted by molar-refractivity contribution is 5.76. The van der Waals surface area contributed by atoms with Crippen LogP contribution in [0.25, 0.3) is 0 Å². The summed E-state index contributed by atoms with van der Waals surface area (Å²) in [7, 11) is 0. The van der Waals surface area contributed by atoms with Crippen molar-refractivity contribution >= 4 is 11.7 Å². The third-order valence-electron chi connectivity index (χ3n) is 4.23. The molecular weight excluding hydrogens is 340 g/mol. The molecule has 0 aliphatic heterocycles. The van der Waals surface area contributed by atoms with Crippen LogP contribution in [0.1, 0.15) is 23.5 Å². The van der Waals surface area contributed by atoms with Gasteiger partial charge in [-0.3, -0.25) is 4.79 Å². The van der Waals surface area contributed by atoms with Crippen molar-refractivity contribution in [2.45, 2.75) is 18.9 Å². The molecule has 0 bridgehead atoms. The zero-order chi connectivity index (χ0) is 18.9. The van der Waals surface area contributed by atoms with Crippen LogP contribution in [0.15, 0.2) is 79.0 Å². The number of carboxylic acid groups (broad SMARTS) is 1. The van der Waals surface area contributed by atoms with Crippen LogP contribution in [0.2, 0.25) is 0 Å². The number of aromatic nitrogens is 1. The molecule has 0 spiro atoms. The number of carboxylic acids is 1. The number of aliphatic carboxylic acids is 1. The van der Waals surface area contributed by atoms with Crippen molar-refractivity contribution < 1.29 is 14.6 Å². The Morgan fingerprint density at radius 3 is 2.33 bits per heavy atom. The third-order valence-corrected chi connectivity index (χ3v) is 4.23. The Kier molecular flexibility index (Phi) is 6.41. The minimum absolute atomic E-state index is 0.427. The van der Waals surface area contributed by atoms with Crippen LogP contribution in [0.3, 0.4) is 0 Å². The van der Waals surface area contributed by atoms with E-state index in [0.717, 1.165) is 11.3 Å². The van der Waals surface area contributed by atoms with E-state index in [-0.39, 0.29) is 0 Å². The molecule has 138 valence electrons. The van der Waals surface area contributed by atoms with Gasteiger partial charge in [0, 0.05) is 24.5 Å². The van der Waals surface area contributed by atoms with Crippen molar-refractivity contribution in [3.05, 3.63) is 90.1 Å². The maximum atomic E-state index is 11.7. The number of nitrogens with zero attached hydrogens (tertiary/aromatic N) is 1. The fraction of sp³-hybridized carbons (Fsp3) is 0.182. The van der Waals surface area contributed by atoms with Crippen LogP contribution in [-0.4, -0.2) is 22.6 Å². The van der Waals surface area contributed by atoms with Crippen LogP contribution in [-0.2, 0) is 11.4 Å². The number of hydrogen-bond donors (Lipinski definition) is 2. The molecule has 2 N–H and O–H groups in total. The molecule has 5 nitrogen and oxygen atoms in total. The van der Waals surface area contributed by atoms with Gasteiger partial charge in [0.05, 0.1) is 5.92 Å². The number of pyridine rings is 1. The van der Waals surface area contributed by atoms with Crippen molar-refractivity contribution in [3.8, 4) is 5.88 Å². The van der Waals surface area contributed by atoms with Gasteiger partial charge in [0.1, 0.15) is 6.61 Å². The molecular formula is C22H22N2O3. The summed E-state index contributed by atoms with van der Waals surface area (Å²) in [5.74, 6) is -0.990. The highest BCUT2D eigenvalue weighted by atomic mass is 16.5. The van der Waals surface area contributed by atoms with Crippen LogP contribution in [0, 0.1) is 0 Å². The Morgan fingerprint density at radius 2 is 1.70 bits per heavy atom. The second kappa shape index (κ2) is 9.38. The maximum absolute atomic E-state index is 11.7. The van der Waals surface area contributed by atoms with Gasteiger partial charge in [-0.15, -0.1) is 0 Å². The van der Waals surface area contributed by atoms with Crippen molar-refractivity contribution in [1.29, 1.82) is 0 Å². The van der Waals surface area contributed by atoms with Gasteiger partial charge in [0.25, 0.3) is 0 Å². The summed E-state index contributed by atoms with van der Waals surface area (Å²) in [4.78, 5) is 15.9. The highest BCUT2D eigenvalue weighted by Crippen LogP contribution is 2.22. The molecule has 1 unspecified atom stereocenters. The average molecular weight is 362 g/mol. The Hall–Kier alpha value is -3.34. The molecule has 0 aliphatic rings. The summed E-state index contributed by atoms with van der Waals surface area (Å²) in [6.07, 6.45) is 2.05. The van der Waals surface area contributed by atoms with E-state index in [9.17, 15) is 9.90 Å². The SMILES string of the molecule is O=C(O)C(CCNc1ccccc1)c1ccc(OCc2ccccc2)nc1. The van der Waals surface area contributed by atoms with Gasteiger partial charge in [-0.1, -0.05) is 54.6 Å². The topological polar surface area (TPSA) is 71.5 Å². The van der Waals surface area contributed by atoms with Gasteiger partial charge in [0.2, 0.25) is 5.88 Å². The number of ether oxygens (including phenoxy) is 1. The van der Waals surface area contributed by atoms with Crippen LogP contribution in [0.4, 0.5) is 5.69 Å². The molecule has 0 fully saturated rings. The lowest BCUT2D eigenvalue weighted by Gasteiger charge is -2.14. The molecule has 1 aromatic heterocycles. The van der Waals surface area contributed by atoms with Crippen molar-refractivity contribution in [2.24, 2.45) is 0 Å². The average Bonchev–Trinajstić information content (AvgIpc) is 2.71. The predicted molar refractivity (Wildman–Crippen MR) is 105 cm³/mol. The summed E-state index contributed by atoms with van der Waals surface area (Å²) in [6.45, 7) is 0.990. The quantitative estimate of drug-likeness (QED) is 0.593. The second-order valence-corrected chi connectivity index (χ2v) is 6.18. The van der Waals surface area contributed by atoms with Gasteiger partial charge in [-0.05, 0) is 29.7 Å². The van der Waals surface area contributed by atoms with E-state index < -0.39 is 11.9 Å². The lowest BCUT2D eigenvalue weighted by Crippen LogP contribution is -2.16. The standard InChI is InChI=1S/C22H22N2O3/c25-22(26)20(13-14-23-19-9-5-2-6-10-19)18-11-12-21(24-15-18)27-16-17-7-3-1-4-8-17/h1-12,15,20,23H,13-14,16H2,(H,25,26). The Balaban J connectivity index is 1.56. The highest BCUT2D eigenvalue weighted by Gasteiger charge is 2.20. The van der Waals surface area contributed by atoms with Crippen molar-refractivity contribution in [3.63, 3.8) is 0 Å². The van der Waals surface area contributed by atoms with Crippen LogP contribution in [0.5, 0.6) is 5.88 Å². The molecule has 0 saturated carbocycles. The first kappa shape index (κ1) is 18.5. The van der Waals surface area contributed by atoms with E-state index in [1.165, 1.54) is 0 Å². The molecule has 0 aliphatic carbocycles. The Labute approximate surface area is 158 Å². The molecule has 0 amide bonds. The van der Waals surface area contributed by atoms with Gasteiger partial charge >= 0.3 is 5.97 Å². The minimum atomic E-state index is -0.857. The first-order chi connectivity index (χ1) is 13.2. The largest absolute Gasteiger partial charge is 0.481 e. The molecule has 5 heteroatoms. The van der Waals surface area contributed by atoms with Crippen LogP contribution < -0.4 is 10.1 Å². The lowest BCUT2D eigenvalue weighted by molar-refractivity contribution is -0.138. The third kappa shape index (κ3) is 5.57. The van der Waals surface area contributed by atoms with E-state index >= 15 is 0 Å². The second-order valence-electron chi connectivity index (χ2n) is 6.18. The molecule has 1 heterocycles. The van der Waals surface area contributed by atoms with E-state index in [1.807, 2.05) is 60.7 Å². The molecule has 3 rings (SSSR count). The number of nitrogens with one attached hydrogen (secondary N) is 1. The summed E-state index contributed by atoms with van der Waals surface area (Å²) < 4.78 is 5.66. The van der Waals surface area contributed by atoms with E-state index in [1.54, 1.807) is 18.3 Å². The van der Waals surface area contributed by atoms with Gasteiger partial charge in [-0.25, -0.2) is 4.98 Å². The molecule has 3 aromatic rings. The first-order valence-electron chi connectivity index (χ1n) is 8.87. The fourth-order valence-corrected chi connectivity index (χ4v) is 2.76. The number of carbonyl (C=O) groups is 1. The summed E-state index contributed by atoms with van der Waals surface area (Å²) in [6, 6.07) is 23.0. The molecule has 2 aromatic carbocycles. The molecule has 0 radical (unpaired) electrons. The van der Waals surface area contributed by atoms with Gasteiger partial charge in [0.15, 0.2) is 0 Å². The fourth-order valence-electron chi connectivity index (χ4n) is 2.76. The summed E-state index contributed by atoms with van der Waals surface area (Å²) in [5.41, 5.74) is 2.70. The molecule has 1 atom stereocenters. The Bertz CT molecular complexity index is 836. The number of hydrogen-bond acceptors (Lipinski definition) is 4. The number of anilines is 1.